The number of hydrogen-bond acceptors (Lipinski definition) is 2. The molecule has 2 heterocycles. The Balaban J connectivity index is 1.65. The molecule has 3 nitrogen and oxygen atoms in total. The first-order valence-electron chi connectivity index (χ1n) is 6.60. The van der Waals surface area contributed by atoms with Gasteiger partial charge in [0.25, 0.3) is 0 Å². The summed E-state index contributed by atoms with van der Waals surface area (Å²) in [5, 5.41) is 4.13. The van der Waals surface area contributed by atoms with Crippen molar-refractivity contribution in [1.82, 2.24) is 14.7 Å². The standard InChI is InChI=1S/C16H16ClN3/c1-12-3-2-4-13(7-12)8-18-9-15-11-20-10-14(17)5-6-16(20)19-15/h2-7,10-11,18H,8-9H2,1H3. The molecule has 4 heteroatoms. The number of aromatic nitrogens is 2. The number of hydrogen-bond donors (Lipinski definition) is 1. The molecule has 0 atom stereocenters. The number of pyridine rings is 1. The van der Waals surface area contributed by atoms with Gasteiger partial charge in [-0.25, -0.2) is 4.98 Å². The number of fused-ring (bicyclic) bond motifs is 1. The first-order chi connectivity index (χ1) is 9.70. The number of halogens is 1. The van der Waals surface area contributed by atoms with Crippen LogP contribution < -0.4 is 5.32 Å². The zero-order valence-corrected chi connectivity index (χ0v) is 12.1. The Bertz CT molecular complexity index is 733. The highest BCUT2D eigenvalue weighted by molar-refractivity contribution is 6.30. The Kier molecular flexibility index (Phi) is 3.72. The third-order valence-corrected chi connectivity index (χ3v) is 3.41. The summed E-state index contributed by atoms with van der Waals surface area (Å²) >= 11 is 5.96. The maximum Gasteiger partial charge on any atom is 0.137 e. The van der Waals surface area contributed by atoms with Crippen molar-refractivity contribution in [3.63, 3.8) is 0 Å². The minimum Gasteiger partial charge on any atom is -0.307 e. The zero-order chi connectivity index (χ0) is 13.9. The predicted molar refractivity (Wildman–Crippen MR) is 81.9 cm³/mol. The van der Waals surface area contributed by atoms with Gasteiger partial charge in [-0.3, -0.25) is 0 Å². The van der Waals surface area contributed by atoms with Crippen molar-refractivity contribution >= 4 is 17.2 Å². The Morgan fingerprint density at radius 1 is 1.15 bits per heavy atom. The number of benzene rings is 1. The predicted octanol–water partition coefficient (Wildman–Crippen LogP) is 3.59. The molecule has 0 fully saturated rings. The van der Waals surface area contributed by atoms with E-state index in [2.05, 4.69) is 41.5 Å². The van der Waals surface area contributed by atoms with Crippen LogP contribution in [0.5, 0.6) is 0 Å². The minimum absolute atomic E-state index is 0.717. The van der Waals surface area contributed by atoms with Gasteiger partial charge < -0.3 is 9.72 Å². The first kappa shape index (κ1) is 13.2. The van der Waals surface area contributed by atoms with Crippen LogP contribution in [0.3, 0.4) is 0 Å². The quantitative estimate of drug-likeness (QED) is 0.794. The van der Waals surface area contributed by atoms with Gasteiger partial charge in [-0.2, -0.15) is 0 Å². The molecule has 0 bridgehead atoms. The van der Waals surface area contributed by atoms with Crippen molar-refractivity contribution in [2.45, 2.75) is 20.0 Å². The molecule has 1 aromatic carbocycles. The van der Waals surface area contributed by atoms with E-state index < -0.39 is 0 Å². The van der Waals surface area contributed by atoms with E-state index in [0.717, 1.165) is 24.4 Å². The molecular formula is C16H16ClN3. The SMILES string of the molecule is Cc1cccc(CNCc2cn3cc(Cl)ccc3n2)c1. The van der Waals surface area contributed by atoms with Gasteiger partial charge in [0.1, 0.15) is 5.65 Å². The third kappa shape index (κ3) is 3.00. The van der Waals surface area contributed by atoms with Crippen LogP contribution >= 0.6 is 11.6 Å². The molecule has 20 heavy (non-hydrogen) atoms. The number of nitrogens with one attached hydrogen (secondary N) is 1. The fraction of sp³-hybridized carbons (Fsp3) is 0.188. The average Bonchev–Trinajstić information content (AvgIpc) is 2.80. The van der Waals surface area contributed by atoms with Crippen LogP contribution in [0.15, 0.2) is 48.8 Å². The van der Waals surface area contributed by atoms with E-state index in [1.54, 1.807) is 0 Å². The van der Waals surface area contributed by atoms with Crippen molar-refractivity contribution in [3.8, 4) is 0 Å². The van der Waals surface area contributed by atoms with Crippen LogP contribution in [0.4, 0.5) is 0 Å². The lowest BCUT2D eigenvalue weighted by atomic mass is 10.1. The number of aryl methyl sites for hydroxylation is 1. The molecule has 3 aromatic rings. The Morgan fingerprint density at radius 3 is 2.90 bits per heavy atom. The molecule has 0 aliphatic carbocycles. The van der Waals surface area contributed by atoms with Gasteiger partial charge in [-0.05, 0) is 24.6 Å². The van der Waals surface area contributed by atoms with E-state index in [0.29, 0.717) is 5.02 Å². The second-order valence-corrected chi connectivity index (χ2v) is 5.37. The minimum atomic E-state index is 0.717. The van der Waals surface area contributed by atoms with Crippen LogP contribution in [0.1, 0.15) is 16.8 Å². The van der Waals surface area contributed by atoms with E-state index in [4.69, 9.17) is 11.6 Å². The summed E-state index contributed by atoms with van der Waals surface area (Å²) in [5.41, 5.74) is 4.50. The van der Waals surface area contributed by atoms with Crippen molar-refractivity contribution in [1.29, 1.82) is 0 Å². The molecule has 1 N–H and O–H groups in total. The average molecular weight is 286 g/mol. The summed E-state index contributed by atoms with van der Waals surface area (Å²) < 4.78 is 1.95. The second kappa shape index (κ2) is 5.65. The van der Waals surface area contributed by atoms with Crippen LogP contribution in [0, 0.1) is 6.92 Å². The Morgan fingerprint density at radius 2 is 2.05 bits per heavy atom. The molecule has 0 radical (unpaired) electrons. The first-order valence-corrected chi connectivity index (χ1v) is 6.98. The molecule has 0 saturated carbocycles. The molecule has 0 spiro atoms. The van der Waals surface area contributed by atoms with Crippen molar-refractivity contribution in [2.24, 2.45) is 0 Å². The second-order valence-electron chi connectivity index (χ2n) is 4.94. The largest absolute Gasteiger partial charge is 0.307 e. The van der Waals surface area contributed by atoms with Crippen molar-refractivity contribution in [2.75, 3.05) is 0 Å². The molecular weight excluding hydrogens is 270 g/mol. The molecule has 0 saturated heterocycles. The van der Waals surface area contributed by atoms with Crippen LogP contribution in [0.2, 0.25) is 5.02 Å². The van der Waals surface area contributed by atoms with Gasteiger partial charge in [0.05, 0.1) is 10.7 Å². The Labute approximate surface area is 123 Å². The van der Waals surface area contributed by atoms with E-state index in [-0.39, 0.29) is 0 Å². The van der Waals surface area contributed by atoms with Gasteiger partial charge in [0.2, 0.25) is 0 Å². The smallest absolute Gasteiger partial charge is 0.137 e. The van der Waals surface area contributed by atoms with E-state index in [1.807, 2.05) is 28.9 Å². The third-order valence-electron chi connectivity index (χ3n) is 3.18. The van der Waals surface area contributed by atoms with Gasteiger partial charge in [-0.15, -0.1) is 0 Å². The van der Waals surface area contributed by atoms with Crippen LogP contribution in [-0.2, 0) is 13.1 Å². The maximum atomic E-state index is 5.96. The lowest BCUT2D eigenvalue weighted by Gasteiger charge is -2.03. The number of imidazole rings is 1. The van der Waals surface area contributed by atoms with Crippen molar-refractivity contribution < 1.29 is 0 Å². The molecule has 102 valence electrons. The highest BCUT2D eigenvalue weighted by Crippen LogP contribution is 2.12. The fourth-order valence-electron chi connectivity index (χ4n) is 2.26. The zero-order valence-electron chi connectivity index (χ0n) is 11.3. The van der Waals surface area contributed by atoms with E-state index >= 15 is 0 Å². The van der Waals surface area contributed by atoms with Crippen molar-refractivity contribution in [3.05, 3.63) is 70.6 Å². The maximum absolute atomic E-state index is 5.96. The molecule has 0 amide bonds. The summed E-state index contributed by atoms with van der Waals surface area (Å²) in [5.74, 6) is 0. The van der Waals surface area contributed by atoms with Gasteiger partial charge >= 0.3 is 0 Å². The summed E-state index contributed by atoms with van der Waals surface area (Å²) in [4.78, 5) is 4.54. The van der Waals surface area contributed by atoms with E-state index in [1.165, 1.54) is 11.1 Å². The summed E-state index contributed by atoms with van der Waals surface area (Å²) in [6, 6.07) is 12.3. The topological polar surface area (TPSA) is 29.3 Å². The monoisotopic (exact) mass is 285 g/mol. The summed E-state index contributed by atoms with van der Waals surface area (Å²) in [6.45, 7) is 3.69. The van der Waals surface area contributed by atoms with Gasteiger partial charge in [0.15, 0.2) is 0 Å². The molecule has 2 aromatic heterocycles. The normalized spacial score (nSPS) is 11.1. The van der Waals surface area contributed by atoms with Crippen LogP contribution in [-0.4, -0.2) is 9.38 Å². The molecule has 0 aliphatic rings. The van der Waals surface area contributed by atoms with Gasteiger partial charge in [-0.1, -0.05) is 41.4 Å². The number of nitrogens with zero attached hydrogens (tertiary/aromatic N) is 2. The summed E-state index contributed by atoms with van der Waals surface area (Å²) in [7, 11) is 0. The number of rotatable bonds is 4. The molecule has 0 unspecified atom stereocenters. The van der Waals surface area contributed by atoms with E-state index in [9.17, 15) is 0 Å². The summed E-state index contributed by atoms with van der Waals surface area (Å²) in [6.07, 6.45) is 3.87. The van der Waals surface area contributed by atoms with Crippen LogP contribution in [0.25, 0.3) is 5.65 Å². The lowest BCUT2D eigenvalue weighted by molar-refractivity contribution is 0.682. The molecule has 0 aliphatic heterocycles. The Hall–Kier alpha value is -1.84. The fourth-order valence-corrected chi connectivity index (χ4v) is 2.43. The highest BCUT2D eigenvalue weighted by Gasteiger charge is 2.02. The lowest BCUT2D eigenvalue weighted by Crippen LogP contribution is -2.12. The highest BCUT2D eigenvalue weighted by atomic mass is 35.5. The van der Waals surface area contributed by atoms with Gasteiger partial charge in [0, 0.05) is 25.5 Å². The molecule has 3 rings (SSSR count).